The maximum absolute atomic E-state index is 5.79. The number of rotatable bonds is 3. The molecule has 1 aromatic heterocycles. The standard InChI is InChI=1S/C10H9BrClN3O/c1-16-10-4-7(2-3-9(10)11)15-8(5-12)6-13-14-15/h2-4,6H,5H2,1H3. The van der Waals surface area contributed by atoms with Gasteiger partial charge in [-0.2, -0.15) is 0 Å². The number of ether oxygens (including phenoxy) is 1. The van der Waals surface area contributed by atoms with Gasteiger partial charge in [-0.1, -0.05) is 5.21 Å². The molecule has 2 rings (SSSR count). The molecule has 0 saturated heterocycles. The second kappa shape index (κ2) is 4.84. The van der Waals surface area contributed by atoms with E-state index in [-0.39, 0.29) is 0 Å². The lowest BCUT2D eigenvalue weighted by molar-refractivity contribution is 0.412. The molecule has 1 aromatic carbocycles. The van der Waals surface area contributed by atoms with E-state index in [0.29, 0.717) is 5.88 Å². The van der Waals surface area contributed by atoms with Crippen LogP contribution < -0.4 is 4.74 Å². The first kappa shape index (κ1) is 11.4. The Morgan fingerprint density at radius 2 is 2.31 bits per heavy atom. The molecule has 0 aliphatic heterocycles. The minimum absolute atomic E-state index is 0.366. The second-order valence-electron chi connectivity index (χ2n) is 3.09. The molecular formula is C10H9BrClN3O. The van der Waals surface area contributed by atoms with Gasteiger partial charge in [-0.25, -0.2) is 4.68 Å². The Hall–Kier alpha value is -1.07. The topological polar surface area (TPSA) is 39.9 Å². The smallest absolute Gasteiger partial charge is 0.135 e. The summed E-state index contributed by atoms with van der Waals surface area (Å²) in [4.78, 5) is 0. The summed E-state index contributed by atoms with van der Waals surface area (Å²) in [6, 6.07) is 5.68. The number of methoxy groups -OCH3 is 1. The summed E-state index contributed by atoms with van der Waals surface area (Å²) < 4.78 is 7.79. The van der Waals surface area contributed by atoms with E-state index in [9.17, 15) is 0 Å². The molecule has 0 radical (unpaired) electrons. The fourth-order valence-electron chi connectivity index (χ4n) is 1.35. The van der Waals surface area contributed by atoms with Crippen LogP contribution in [-0.4, -0.2) is 22.1 Å². The molecule has 6 heteroatoms. The number of alkyl halides is 1. The normalized spacial score (nSPS) is 10.4. The third-order valence-electron chi connectivity index (χ3n) is 2.14. The minimum atomic E-state index is 0.366. The highest BCUT2D eigenvalue weighted by atomic mass is 79.9. The van der Waals surface area contributed by atoms with Gasteiger partial charge < -0.3 is 4.74 Å². The molecule has 1 heterocycles. The van der Waals surface area contributed by atoms with E-state index in [1.807, 2.05) is 18.2 Å². The van der Waals surface area contributed by atoms with Crippen LogP contribution in [-0.2, 0) is 5.88 Å². The molecule has 84 valence electrons. The maximum Gasteiger partial charge on any atom is 0.135 e. The van der Waals surface area contributed by atoms with Crippen molar-refractivity contribution in [3.8, 4) is 11.4 Å². The molecule has 0 bridgehead atoms. The third kappa shape index (κ3) is 2.05. The van der Waals surface area contributed by atoms with E-state index in [1.165, 1.54) is 0 Å². The van der Waals surface area contributed by atoms with Gasteiger partial charge in [0.25, 0.3) is 0 Å². The molecule has 0 amide bonds. The van der Waals surface area contributed by atoms with Gasteiger partial charge in [-0.3, -0.25) is 0 Å². The lowest BCUT2D eigenvalue weighted by Gasteiger charge is -2.07. The van der Waals surface area contributed by atoms with Crippen LogP contribution in [0.5, 0.6) is 5.75 Å². The van der Waals surface area contributed by atoms with E-state index in [1.54, 1.807) is 18.0 Å². The highest BCUT2D eigenvalue weighted by molar-refractivity contribution is 9.10. The Kier molecular flexibility index (Phi) is 3.46. The van der Waals surface area contributed by atoms with Gasteiger partial charge in [0.1, 0.15) is 5.75 Å². The summed E-state index contributed by atoms with van der Waals surface area (Å²) in [7, 11) is 1.62. The summed E-state index contributed by atoms with van der Waals surface area (Å²) in [6.45, 7) is 0. The molecule has 0 fully saturated rings. The summed E-state index contributed by atoms with van der Waals surface area (Å²) >= 11 is 9.18. The zero-order valence-corrected chi connectivity index (χ0v) is 10.9. The minimum Gasteiger partial charge on any atom is -0.495 e. The van der Waals surface area contributed by atoms with Crippen LogP contribution in [0.2, 0.25) is 0 Å². The Balaban J connectivity index is 2.48. The molecule has 2 aromatic rings. The summed E-state index contributed by atoms with van der Waals surface area (Å²) in [6.07, 6.45) is 1.64. The fraction of sp³-hybridized carbons (Fsp3) is 0.200. The van der Waals surface area contributed by atoms with Crippen molar-refractivity contribution in [3.63, 3.8) is 0 Å². The van der Waals surface area contributed by atoms with Crippen LogP contribution in [0, 0.1) is 0 Å². The number of halogens is 2. The van der Waals surface area contributed by atoms with E-state index >= 15 is 0 Å². The van der Waals surface area contributed by atoms with Crippen LogP contribution in [0.4, 0.5) is 0 Å². The quantitative estimate of drug-likeness (QED) is 0.819. The molecule has 0 N–H and O–H groups in total. The van der Waals surface area contributed by atoms with Crippen molar-refractivity contribution in [2.45, 2.75) is 5.88 Å². The van der Waals surface area contributed by atoms with E-state index in [0.717, 1.165) is 21.6 Å². The molecule has 0 aliphatic carbocycles. The molecule has 0 unspecified atom stereocenters. The van der Waals surface area contributed by atoms with Crippen molar-refractivity contribution in [3.05, 3.63) is 34.6 Å². The highest BCUT2D eigenvalue weighted by Crippen LogP contribution is 2.27. The fourth-order valence-corrected chi connectivity index (χ4v) is 1.94. The molecule has 0 saturated carbocycles. The van der Waals surface area contributed by atoms with E-state index in [2.05, 4.69) is 26.2 Å². The zero-order valence-electron chi connectivity index (χ0n) is 8.52. The third-order valence-corrected chi connectivity index (χ3v) is 3.07. The van der Waals surface area contributed by atoms with Crippen molar-refractivity contribution >= 4 is 27.5 Å². The molecule has 0 aliphatic rings. The van der Waals surface area contributed by atoms with Crippen molar-refractivity contribution in [2.75, 3.05) is 7.11 Å². The van der Waals surface area contributed by atoms with Crippen LogP contribution >= 0.6 is 27.5 Å². The lowest BCUT2D eigenvalue weighted by atomic mass is 10.3. The van der Waals surface area contributed by atoms with Crippen LogP contribution in [0.15, 0.2) is 28.9 Å². The predicted octanol–water partition coefficient (Wildman–Crippen LogP) is 2.78. The van der Waals surface area contributed by atoms with Gasteiger partial charge in [-0.05, 0) is 28.1 Å². The number of hydrogen-bond donors (Lipinski definition) is 0. The number of hydrogen-bond acceptors (Lipinski definition) is 3. The maximum atomic E-state index is 5.79. The number of benzene rings is 1. The van der Waals surface area contributed by atoms with Gasteiger partial charge >= 0.3 is 0 Å². The largest absolute Gasteiger partial charge is 0.495 e. The summed E-state index contributed by atoms with van der Waals surface area (Å²) in [5.74, 6) is 1.11. The lowest BCUT2D eigenvalue weighted by Crippen LogP contribution is -2.01. The first-order valence-electron chi connectivity index (χ1n) is 4.55. The molecule has 4 nitrogen and oxygen atoms in total. The second-order valence-corrected chi connectivity index (χ2v) is 4.21. The number of nitrogens with zero attached hydrogens (tertiary/aromatic N) is 3. The first-order chi connectivity index (χ1) is 7.76. The van der Waals surface area contributed by atoms with Gasteiger partial charge in [-0.15, -0.1) is 16.7 Å². The SMILES string of the molecule is COc1cc(-n2nncc2CCl)ccc1Br. The van der Waals surface area contributed by atoms with Crippen molar-refractivity contribution in [1.29, 1.82) is 0 Å². The first-order valence-corrected chi connectivity index (χ1v) is 5.88. The van der Waals surface area contributed by atoms with Gasteiger partial charge in [0.2, 0.25) is 0 Å². The molecular weight excluding hydrogens is 293 g/mol. The highest BCUT2D eigenvalue weighted by Gasteiger charge is 2.07. The molecule has 0 atom stereocenters. The zero-order chi connectivity index (χ0) is 11.5. The van der Waals surface area contributed by atoms with Gasteiger partial charge in [0.05, 0.1) is 35.0 Å². The van der Waals surface area contributed by atoms with Crippen molar-refractivity contribution in [2.24, 2.45) is 0 Å². The predicted molar refractivity (Wildman–Crippen MR) is 65.2 cm³/mol. The van der Waals surface area contributed by atoms with Crippen molar-refractivity contribution in [1.82, 2.24) is 15.0 Å². The van der Waals surface area contributed by atoms with Crippen LogP contribution in [0.1, 0.15) is 5.69 Å². The Morgan fingerprint density at radius 3 is 3.00 bits per heavy atom. The Labute approximate surface area is 106 Å². The van der Waals surface area contributed by atoms with Crippen LogP contribution in [0.3, 0.4) is 0 Å². The van der Waals surface area contributed by atoms with Gasteiger partial charge in [0.15, 0.2) is 0 Å². The van der Waals surface area contributed by atoms with E-state index in [4.69, 9.17) is 16.3 Å². The average Bonchev–Trinajstić information content (AvgIpc) is 2.78. The van der Waals surface area contributed by atoms with Gasteiger partial charge in [0, 0.05) is 6.07 Å². The summed E-state index contributed by atoms with van der Waals surface area (Å²) in [5.41, 5.74) is 1.71. The van der Waals surface area contributed by atoms with Crippen LogP contribution in [0.25, 0.3) is 5.69 Å². The molecule has 0 spiro atoms. The average molecular weight is 303 g/mol. The summed E-state index contributed by atoms with van der Waals surface area (Å²) in [5, 5.41) is 7.80. The Bertz CT molecular complexity index is 501. The monoisotopic (exact) mass is 301 g/mol. The van der Waals surface area contributed by atoms with Crippen molar-refractivity contribution < 1.29 is 4.74 Å². The Morgan fingerprint density at radius 1 is 1.50 bits per heavy atom. The van der Waals surface area contributed by atoms with E-state index < -0.39 is 0 Å². The molecule has 16 heavy (non-hydrogen) atoms. The number of aromatic nitrogens is 3.